The normalized spacial score (nSPS) is 59.1. The lowest BCUT2D eigenvalue weighted by Gasteiger charge is -2.71. The van der Waals surface area contributed by atoms with Crippen molar-refractivity contribution in [2.24, 2.45) is 16.7 Å². The minimum absolute atomic E-state index is 0.0201. The number of allylic oxidation sites excluding steroid dienone is 1. The minimum Gasteiger partial charge on any atom is -0.463 e. The van der Waals surface area contributed by atoms with Gasteiger partial charge in [-0.2, -0.15) is 0 Å². The molecule has 0 aromatic carbocycles. The number of cyclic esters (lactones) is 1. The zero-order valence-corrected chi connectivity index (χ0v) is 21.6. The minimum atomic E-state index is -1.95. The van der Waals surface area contributed by atoms with Gasteiger partial charge in [0.05, 0.1) is 24.4 Å². The summed E-state index contributed by atoms with van der Waals surface area (Å²) in [5.41, 5.74) is -5.71. The summed E-state index contributed by atoms with van der Waals surface area (Å²) >= 11 is 0. The summed E-state index contributed by atoms with van der Waals surface area (Å²) in [7, 11) is 0. The number of aliphatic hydroxyl groups excluding tert-OH is 1. The van der Waals surface area contributed by atoms with Crippen LogP contribution in [-0.2, 0) is 33.3 Å². The maximum atomic E-state index is 13.4. The third-order valence-electron chi connectivity index (χ3n) is 11.5. The summed E-state index contributed by atoms with van der Waals surface area (Å²) < 4.78 is 29.6. The average molecular weight is 537 g/mol. The van der Waals surface area contributed by atoms with Crippen molar-refractivity contribution in [1.82, 2.24) is 0 Å². The van der Waals surface area contributed by atoms with Gasteiger partial charge in [-0.1, -0.05) is 13.0 Å². The summed E-state index contributed by atoms with van der Waals surface area (Å²) in [5.74, 6) is -3.61. The lowest BCUT2D eigenvalue weighted by Crippen LogP contribution is -2.80. The summed E-state index contributed by atoms with van der Waals surface area (Å²) in [6, 6.07) is 0. The number of epoxide rings is 1. The molecule has 0 aromatic heterocycles. The Morgan fingerprint density at radius 3 is 2.61 bits per heavy atom. The topological polar surface area (TPSA) is 165 Å². The number of rotatable bonds is 0. The van der Waals surface area contributed by atoms with E-state index in [4.69, 9.17) is 23.7 Å². The van der Waals surface area contributed by atoms with Crippen LogP contribution in [0.15, 0.2) is 12.2 Å². The molecule has 3 aliphatic carbocycles. The molecule has 2 spiro atoms. The summed E-state index contributed by atoms with van der Waals surface area (Å²) in [5, 5.41) is 45.5. The molecule has 0 radical (unpaired) electrons. The molecule has 3 saturated carbocycles. The molecule has 8 rings (SSSR count). The van der Waals surface area contributed by atoms with E-state index in [-0.39, 0.29) is 38.4 Å². The van der Waals surface area contributed by atoms with Gasteiger partial charge in [0, 0.05) is 42.1 Å². The van der Waals surface area contributed by atoms with Crippen molar-refractivity contribution in [3.63, 3.8) is 0 Å². The molecule has 0 unspecified atom stereocenters. The van der Waals surface area contributed by atoms with Crippen molar-refractivity contribution in [2.45, 2.75) is 112 Å². The van der Waals surface area contributed by atoms with Crippen LogP contribution in [0, 0.1) is 16.7 Å². The van der Waals surface area contributed by atoms with Crippen LogP contribution in [0.5, 0.6) is 0 Å². The van der Waals surface area contributed by atoms with Crippen molar-refractivity contribution >= 4 is 11.9 Å². The smallest absolute Gasteiger partial charge is 0.338 e. The summed E-state index contributed by atoms with van der Waals surface area (Å²) in [6.07, 6.45) is 0.242. The van der Waals surface area contributed by atoms with Gasteiger partial charge < -0.3 is 44.1 Å². The summed E-state index contributed by atoms with van der Waals surface area (Å²) in [4.78, 5) is 26.3. The number of hydrogen-bond acceptors (Lipinski definition) is 11. The number of fused-ring (bicyclic) bond motifs is 1. The fourth-order valence-corrected chi connectivity index (χ4v) is 9.06. The zero-order valence-electron chi connectivity index (χ0n) is 21.6. The van der Waals surface area contributed by atoms with Crippen molar-refractivity contribution in [3.8, 4) is 0 Å². The van der Waals surface area contributed by atoms with Crippen LogP contribution < -0.4 is 0 Å². The first-order chi connectivity index (χ1) is 17.8. The van der Waals surface area contributed by atoms with E-state index in [2.05, 4.69) is 0 Å². The Morgan fingerprint density at radius 2 is 1.82 bits per heavy atom. The second kappa shape index (κ2) is 7.57. The number of carbonyl (C=O) groups excluding carboxylic acids is 2. The molecule has 7 fully saturated rings. The molecule has 38 heavy (non-hydrogen) atoms. The summed E-state index contributed by atoms with van der Waals surface area (Å²) in [6.45, 7) is 3.59. The van der Waals surface area contributed by atoms with Gasteiger partial charge >= 0.3 is 11.9 Å². The maximum Gasteiger partial charge on any atom is 0.338 e. The van der Waals surface area contributed by atoms with E-state index in [1.54, 1.807) is 13.0 Å². The van der Waals surface area contributed by atoms with E-state index in [1.165, 1.54) is 6.08 Å². The Labute approximate surface area is 220 Å². The Morgan fingerprint density at radius 1 is 1.03 bits per heavy atom. The second-order valence-corrected chi connectivity index (χ2v) is 13.0. The van der Waals surface area contributed by atoms with Crippen molar-refractivity contribution < 1.29 is 53.7 Å². The fraction of sp³-hybridized carbons (Fsp3) is 0.852. The first-order valence-corrected chi connectivity index (χ1v) is 13.7. The van der Waals surface area contributed by atoms with Gasteiger partial charge in [-0.15, -0.1) is 0 Å². The first-order valence-electron chi connectivity index (χ1n) is 13.7. The highest BCUT2D eigenvalue weighted by Crippen LogP contribution is 2.75. The van der Waals surface area contributed by atoms with Gasteiger partial charge in [-0.3, -0.25) is 0 Å². The first kappa shape index (κ1) is 25.4. The van der Waals surface area contributed by atoms with E-state index >= 15 is 0 Å². The van der Waals surface area contributed by atoms with Crippen LogP contribution in [0.1, 0.15) is 58.8 Å². The Hall–Kier alpha value is -1.60. The molecule has 8 bridgehead atoms. The highest BCUT2D eigenvalue weighted by Gasteiger charge is 2.84. The lowest BCUT2D eigenvalue weighted by molar-refractivity contribution is -0.377. The molecule has 5 aliphatic heterocycles. The van der Waals surface area contributed by atoms with Crippen LogP contribution in [-0.4, -0.2) is 98.7 Å². The van der Waals surface area contributed by atoms with Crippen LogP contribution in [0.3, 0.4) is 0 Å². The van der Waals surface area contributed by atoms with Crippen LogP contribution in [0.25, 0.3) is 0 Å². The third kappa shape index (κ3) is 2.88. The zero-order chi connectivity index (χ0) is 26.9. The molecular formula is C27H36O11. The van der Waals surface area contributed by atoms with Crippen molar-refractivity contribution in [1.29, 1.82) is 0 Å². The highest BCUT2D eigenvalue weighted by molar-refractivity contribution is 5.82. The van der Waals surface area contributed by atoms with Gasteiger partial charge in [0.2, 0.25) is 0 Å². The van der Waals surface area contributed by atoms with Gasteiger partial charge in [-0.05, 0) is 32.6 Å². The lowest BCUT2D eigenvalue weighted by atomic mass is 9.40. The second-order valence-electron chi connectivity index (χ2n) is 13.0. The third-order valence-corrected chi connectivity index (χ3v) is 11.5. The van der Waals surface area contributed by atoms with E-state index in [0.717, 1.165) is 0 Å². The monoisotopic (exact) mass is 536 g/mol. The largest absolute Gasteiger partial charge is 0.463 e. The number of esters is 2. The van der Waals surface area contributed by atoms with E-state index in [1.807, 2.05) is 6.92 Å². The molecule has 210 valence electrons. The molecular weight excluding hydrogens is 500 g/mol. The molecule has 0 aromatic rings. The molecule has 8 aliphatic rings. The van der Waals surface area contributed by atoms with Crippen molar-refractivity contribution in [2.75, 3.05) is 13.2 Å². The number of aliphatic hydroxyl groups is 4. The Kier molecular flexibility index (Phi) is 5.05. The van der Waals surface area contributed by atoms with E-state index in [9.17, 15) is 30.0 Å². The SMILES string of the molecule is C[C@]12[C@H]3C[C@H]4O[C@@H]5[C@H](C[C@]41O)[C@@](C)(O)CC[C@@]52COC(=O)[C@@H]1O[C@@]12CCO[C@@](O)(CCC=CC(=O)O3)[C@@H]2O. The molecule has 5 heterocycles. The number of carbonyl (C=O) groups is 2. The fourth-order valence-electron chi connectivity index (χ4n) is 9.06. The number of hydrogen-bond donors (Lipinski definition) is 4. The molecule has 4 saturated heterocycles. The molecule has 12 atom stereocenters. The standard InChI is InChI=1S/C27H36O11/c1-22(31)7-8-24-13-34-20(29)19-25(38-19)9-10-35-27(33,21(25)30)6-4-3-5-17(28)36-15-11-16-26(32,23(15,24)2)12-14(22)18(24)37-16/h3,5,14-16,18-19,21,30-33H,4,6-13H2,1-2H3/t14-,15+,16+,18+,19-,21+,22-,23+,24+,25-,26-,27-/m0/s1. The van der Waals surface area contributed by atoms with Crippen molar-refractivity contribution in [3.05, 3.63) is 12.2 Å². The molecule has 11 heteroatoms. The van der Waals surface area contributed by atoms with E-state index in [0.29, 0.717) is 25.7 Å². The van der Waals surface area contributed by atoms with Gasteiger partial charge in [0.15, 0.2) is 11.9 Å². The van der Waals surface area contributed by atoms with Gasteiger partial charge in [0.25, 0.3) is 0 Å². The predicted molar refractivity (Wildman–Crippen MR) is 125 cm³/mol. The Balaban J connectivity index is 1.29. The van der Waals surface area contributed by atoms with E-state index < -0.39 is 75.9 Å². The van der Waals surface area contributed by atoms with Crippen LogP contribution in [0.2, 0.25) is 0 Å². The van der Waals surface area contributed by atoms with Crippen LogP contribution in [0.4, 0.5) is 0 Å². The predicted octanol–water partition coefficient (Wildman–Crippen LogP) is -0.142. The average Bonchev–Trinajstić information content (AvgIpc) is 3.55. The van der Waals surface area contributed by atoms with Gasteiger partial charge in [-0.25, -0.2) is 9.59 Å². The molecule has 11 nitrogen and oxygen atoms in total. The Bertz CT molecular complexity index is 1110. The van der Waals surface area contributed by atoms with Crippen LogP contribution >= 0.6 is 0 Å². The molecule has 4 N–H and O–H groups in total. The van der Waals surface area contributed by atoms with Gasteiger partial charge in [0.1, 0.15) is 30.0 Å². The maximum absolute atomic E-state index is 13.4. The number of ether oxygens (including phenoxy) is 5. The molecule has 0 amide bonds. The highest BCUT2D eigenvalue weighted by atomic mass is 16.7. The quantitative estimate of drug-likeness (QED) is 0.241.